The third-order valence-corrected chi connectivity index (χ3v) is 1.84. The van der Waals surface area contributed by atoms with Crippen molar-refractivity contribution in [2.45, 2.75) is 12.8 Å². The Morgan fingerprint density at radius 3 is 1.06 bits per heavy atom. The van der Waals surface area contributed by atoms with Crippen molar-refractivity contribution in [3.05, 3.63) is 85.0 Å². The summed E-state index contributed by atoms with van der Waals surface area (Å²) in [6.07, 6.45) is 20.0. The molecule has 0 spiro atoms. The summed E-state index contributed by atoms with van der Waals surface area (Å²) in [5.74, 6) is 0. The Kier molecular flexibility index (Phi) is 12.4. The molecule has 0 saturated heterocycles. The average molecular weight is 300 g/mol. The summed E-state index contributed by atoms with van der Waals surface area (Å²) < 4.78 is 0. The maximum atomic E-state index is 2.99. The third-order valence-electron chi connectivity index (χ3n) is 1.84. The van der Waals surface area contributed by atoms with Crippen molar-refractivity contribution in [2.24, 2.45) is 0 Å². The summed E-state index contributed by atoms with van der Waals surface area (Å²) in [6.45, 7) is 0. The summed E-state index contributed by atoms with van der Waals surface area (Å²) in [4.78, 5) is 0. The summed E-state index contributed by atoms with van der Waals surface area (Å²) in [5, 5.41) is 0. The van der Waals surface area contributed by atoms with Crippen molar-refractivity contribution in [2.75, 3.05) is 0 Å². The molecule has 17 heavy (non-hydrogen) atoms. The van der Waals surface area contributed by atoms with Gasteiger partial charge in [0, 0.05) is 0 Å². The number of hydrogen-bond donors (Lipinski definition) is 0. The van der Waals surface area contributed by atoms with Crippen LogP contribution in [0.25, 0.3) is 0 Å². The molecule has 0 atom stereocenters. The number of allylic oxidation sites excluding steroid dienone is 8. The molecule has 0 N–H and O–H groups in total. The Bertz CT molecular complexity index is 290. The van der Waals surface area contributed by atoms with E-state index in [0.717, 1.165) is 12.8 Å². The van der Waals surface area contributed by atoms with Crippen molar-refractivity contribution in [3.8, 4) is 0 Å². The molecule has 0 heterocycles. The van der Waals surface area contributed by atoms with Gasteiger partial charge in [-0.2, -0.15) is 12.2 Å². The zero-order valence-corrected chi connectivity index (χ0v) is 12.3. The van der Waals surface area contributed by atoms with Gasteiger partial charge >= 0.3 is 26.2 Å². The van der Waals surface area contributed by atoms with Gasteiger partial charge in [0.15, 0.2) is 0 Å². The Hall–Kier alpha value is -0.937. The fraction of sp³-hybridized carbons (Fsp3) is 0.125. The van der Waals surface area contributed by atoms with Crippen molar-refractivity contribution in [3.63, 3.8) is 0 Å². The topological polar surface area (TPSA) is 0 Å². The quantitative estimate of drug-likeness (QED) is 0.627. The van der Waals surface area contributed by atoms with Crippen LogP contribution < -0.4 is 0 Å². The number of benzene rings is 1. The van der Waals surface area contributed by atoms with Gasteiger partial charge in [0.2, 0.25) is 0 Å². The van der Waals surface area contributed by atoms with Crippen LogP contribution in [0.4, 0.5) is 0 Å². The summed E-state index contributed by atoms with van der Waals surface area (Å²) in [7, 11) is 0. The minimum absolute atomic E-state index is 0. The van der Waals surface area contributed by atoms with Gasteiger partial charge in [-0.15, -0.1) is 12.8 Å². The van der Waals surface area contributed by atoms with Gasteiger partial charge in [0.05, 0.1) is 0 Å². The van der Waals surface area contributed by atoms with Crippen molar-refractivity contribution >= 4 is 0 Å². The SMILES string of the molecule is [C-]1=CC=CC1.[C-]1=CC=CC1.[Zr+2].c1ccccc1. The van der Waals surface area contributed by atoms with E-state index in [0.29, 0.717) is 0 Å². The normalized spacial score (nSPS) is 13.2. The van der Waals surface area contributed by atoms with E-state index >= 15 is 0 Å². The van der Waals surface area contributed by atoms with Crippen LogP contribution in [0, 0.1) is 12.2 Å². The molecule has 84 valence electrons. The van der Waals surface area contributed by atoms with Crippen LogP contribution in [0.1, 0.15) is 12.8 Å². The van der Waals surface area contributed by atoms with E-state index in [1.807, 2.05) is 60.7 Å². The van der Waals surface area contributed by atoms with Crippen LogP contribution in [0.15, 0.2) is 72.9 Å². The first-order valence-corrected chi connectivity index (χ1v) is 5.43. The molecule has 0 bridgehead atoms. The van der Waals surface area contributed by atoms with Crippen molar-refractivity contribution in [1.29, 1.82) is 0 Å². The Morgan fingerprint density at radius 2 is 0.941 bits per heavy atom. The molecule has 0 unspecified atom stereocenters. The van der Waals surface area contributed by atoms with Crippen LogP contribution in [-0.2, 0) is 26.2 Å². The van der Waals surface area contributed by atoms with Gasteiger partial charge in [0.25, 0.3) is 0 Å². The predicted molar refractivity (Wildman–Crippen MR) is 69.6 cm³/mol. The van der Waals surface area contributed by atoms with E-state index in [1.165, 1.54) is 0 Å². The van der Waals surface area contributed by atoms with Gasteiger partial charge in [-0.1, -0.05) is 36.4 Å². The summed E-state index contributed by atoms with van der Waals surface area (Å²) in [6, 6.07) is 12.0. The standard InChI is InChI=1S/C6H6.2C5H5.Zr/c1-2-4-6-5-3-1;2*1-2-4-5-3-1;/h1-6H;2*1-3H,4H2;/q;2*-1;+2. The van der Waals surface area contributed by atoms with Gasteiger partial charge < -0.3 is 0 Å². The number of rotatable bonds is 0. The molecule has 1 aromatic rings. The molecular formula is C16H16Zr. The Morgan fingerprint density at radius 1 is 0.588 bits per heavy atom. The molecule has 0 fully saturated rings. The molecule has 1 aromatic carbocycles. The Balaban J connectivity index is 0.000000221. The van der Waals surface area contributed by atoms with Gasteiger partial charge in [0.1, 0.15) is 0 Å². The fourth-order valence-electron chi connectivity index (χ4n) is 1.07. The summed E-state index contributed by atoms with van der Waals surface area (Å²) in [5.41, 5.74) is 0. The Labute approximate surface area is 124 Å². The van der Waals surface area contributed by atoms with Crippen LogP contribution in [0.3, 0.4) is 0 Å². The van der Waals surface area contributed by atoms with Crippen LogP contribution in [0.2, 0.25) is 0 Å². The van der Waals surface area contributed by atoms with Crippen molar-refractivity contribution in [1.82, 2.24) is 0 Å². The van der Waals surface area contributed by atoms with Crippen molar-refractivity contribution < 1.29 is 26.2 Å². The van der Waals surface area contributed by atoms with Gasteiger partial charge in [-0.3, -0.25) is 12.2 Å². The second-order valence-electron chi connectivity index (χ2n) is 3.16. The van der Waals surface area contributed by atoms with E-state index < -0.39 is 0 Å². The number of hydrogen-bond acceptors (Lipinski definition) is 0. The second kappa shape index (κ2) is 13.1. The van der Waals surface area contributed by atoms with Gasteiger partial charge in [-0.25, -0.2) is 24.3 Å². The predicted octanol–water partition coefficient (Wildman–Crippen LogP) is 4.30. The zero-order chi connectivity index (χ0) is 11.3. The third kappa shape index (κ3) is 11.3. The maximum absolute atomic E-state index is 2.99. The van der Waals surface area contributed by atoms with Crippen LogP contribution in [-0.4, -0.2) is 0 Å². The minimum atomic E-state index is 0. The molecule has 0 nitrogen and oxygen atoms in total. The zero-order valence-electron chi connectivity index (χ0n) is 9.84. The first-order valence-electron chi connectivity index (χ1n) is 5.43. The molecular weight excluding hydrogens is 283 g/mol. The summed E-state index contributed by atoms with van der Waals surface area (Å²) >= 11 is 0. The first kappa shape index (κ1) is 16.1. The van der Waals surface area contributed by atoms with E-state index in [2.05, 4.69) is 24.3 Å². The monoisotopic (exact) mass is 298 g/mol. The molecule has 0 radical (unpaired) electrons. The molecule has 0 amide bonds. The molecule has 2 aliphatic rings. The van der Waals surface area contributed by atoms with E-state index in [9.17, 15) is 0 Å². The minimum Gasteiger partial charge on any atom is -0.273 e. The molecule has 0 aromatic heterocycles. The molecule has 2 aliphatic carbocycles. The molecule has 0 aliphatic heterocycles. The molecule has 3 rings (SSSR count). The first-order chi connectivity index (χ1) is 8.00. The molecule has 1 heteroatoms. The fourth-order valence-corrected chi connectivity index (χ4v) is 1.07. The average Bonchev–Trinajstić information content (AvgIpc) is 3.10. The molecule has 0 saturated carbocycles. The largest absolute Gasteiger partial charge is 2.00 e. The van der Waals surface area contributed by atoms with E-state index in [4.69, 9.17) is 0 Å². The van der Waals surface area contributed by atoms with Crippen LogP contribution >= 0.6 is 0 Å². The van der Waals surface area contributed by atoms with Gasteiger partial charge in [-0.05, 0) is 0 Å². The van der Waals surface area contributed by atoms with Crippen LogP contribution in [0.5, 0.6) is 0 Å². The van der Waals surface area contributed by atoms with E-state index in [-0.39, 0.29) is 26.2 Å². The maximum Gasteiger partial charge on any atom is 2.00 e. The smallest absolute Gasteiger partial charge is 0.273 e. The van der Waals surface area contributed by atoms with E-state index in [1.54, 1.807) is 0 Å². The second-order valence-corrected chi connectivity index (χ2v) is 3.16.